The Morgan fingerprint density at radius 2 is 1.83 bits per heavy atom. The Kier molecular flexibility index (Phi) is 7.57. The number of halogens is 2. The van der Waals surface area contributed by atoms with E-state index < -0.39 is 29.2 Å². The summed E-state index contributed by atoms with van der Waals surface area (Å²) in [5, 5.41) is 24.0. The normalized spacial score (nSPS) is 15.9. The minimum atomic E-state index is -1.08. The van der Waals surface area contributed by atoms with Crippen molar-refractivity contribution in [3.63, 3.8) is 0 Å². The summed E-state index contributed by atoms with van der Waals surface area (Å²) in [5.74, 6) is -2.03. The standard InChI is InChI=1S/C28H23Cl2N7O4/c1-28(2)14-36(23(38)10-5-17-11-18(29)6-9-22(17)37-15-32-34-35-37)24(21-12-19(30)13-31-25(21)28)26(39)33-20-7-3-16(4-8-20)27(40)41/h3-13,15,24H,14H2,1-2H3,(H,33,39)(H,40,41). The van der Waals surface area contributed by atoms with Crippen molar-refractivity contribution < 1.29 is 19.5 Å². The Labute approximate surface area is 244 Å². The number of carboxylic acid groups (broad SMARTS) is 1. The number of aromatic carboxylic acids is 1. The number of rotatable bonds is 6. The van der Waals surface area contributed by atoms with E-state index in [9.17, 15) is 19.5 Å². The van der Waals surface area contributed by atoms with Crippen LogP contribution in [0, 0.1) is 0 Å². The van der Waals surface area contributed by atoms with Crippen LogP contribution in [0.2, 0.25) is 10.0 Å². The monoisotopic (exact) mass is 591 g/mol. The molecular formula is C28H23Cl2N7O4. The Hall–Kier alpha value is -4.61. The molecule has 5 rings (SSSR count). The van der Waals surface area contributed by atoms with Crippen LogP contribution in [0.5, 0.6) is 0 Å². The number of carbonyl (C=O) groups excluding carboxylic acids is 2. The van der Waals surface area contributed by atoms with Crippen molar-refractivity contribution in [1.29, 1.82) is 0 Å². The van der Waals surface area contributed by atoms with Crippen LogP contribution in [0.25, 0.3) is 11.8 Å². The van der Waals surface area contributed by atoms with Crippen LogP contribution in [0.3, 0.4) is 0 Å². The fraction of sp³-hybridized carbons (Fsp3) is 0.179. The van der Waals surface area contributed by atoms with Crippen molar-refractivity contribution in [3.8, 4) is 5.69 Å². The molecule has 13 heteroatoms. The van der Waals surface area contributed by atoms with E-state index in [0.717, 1.165) is 0 Å². The maximum Gasteiger partial charge on any atom is 0.335 e. The zero-order valence-electron chi connectivity index (χ0n) is 21.8. The number of anilines is 1. The maximum absolute atomic E-state index is 13.8. The fourth-order valence-electron chi connectivity index (χ4n) is 4.78. The van der Waals surface area contributed by atoms with E-state index in [1.807, 2.05) is 13.8 Å². The summed E-state index contributed by atoms with van der Waals surface area (Å²) < 4.78 is 1.44. The van der Waals surface area contributed by atoms with Gasteiger partial charge in [0.15, 0.2) is 0 Å². The second kappa shape index (κ2) is 11.1. The number of aromatic nitrogens is 5. The molecule has 208 valence electrons. The van der Waals surface area contributed by atoms with Crippen molar-refractivity contribution in [2.24, 2.45) is 0 Å². The second-order valence-electron chi connectivity index (χ2n) is 10.0. The molecule has 2 amide bonds. The van der Waals surface area contributed by atoms with Gasteiger partial charge >= 0.3 is 5.97 Å². The van der Waals surface area contributed by atoms with Crippen LogP contribution in [-0.2, 0) is 15.0 Å². The van der Waals surface area contributed by atoms with E-state index in [1.165, 1.54) is 52.4 Å². The molecular weight excluding hydrogens is 569 g/mol. The SMILES string of the molecule is CC1(C)CN(C(=O)C=Cc2cc(Cl)ccc2-n2cnnn2)C(C(=O)Nc2ccc(C(=O)O)cc2)c2cc(Cl)cnc21. The Bertz CT molecular complexity index is 1670. The zero-order chi connectivity index (χ0) is 29.3. The Morgan fingerprint density at radius 3 is 2.51 bits per heavy atom. The van der Waals surface area contributed by atoms with E-state index in [-0.39, 0.29) is 12.1 Å². The molecule has 41 heavy (non-hydrogen) atoms. The number of pyridine rings is 1. The molecule has 0 fully saturated rings. The molecule has 1 aliphatic rings. The van der Waals surface area contributed by atoms with Crippen molar-refractivity contribution in [3.05, 3.63) is 99.6 Å². The molecule has 1 unspecified atom stereocenters. The second-order valence-corrected chi connectivity index (χ2v) is 10.9. The van der Waals surface area contributed by atoms with E-state index in [0.29, 0.717) is 38.2 Å². The van der Waals surface area contributed by atoms with Gasteiger partial charge < -0.3 is 15.3 Å². The topological polar surface area (TPSA) is 143 Å². The molecule has 1 aliphatic heterocycles. The molecule has 0 aliphatic carbocycles. The number of amides is 2. The molecule has 11 nitrogen and oxygen atoms in total. The number of hydrogen-bond acceptors (Lipinski definition) is 7. The molecule has 0 bridgehead atoms. The quantitative estimate of drug-likeness (QED) is 0.310. The summed E-state index contributed by atoms with van der Waals surface area (Å²) in [5.41, 5.74) is 2.17. The summed E-state index contributed by atoms with van der Waals surface area (Å²) >= 11 is 12.5. The smallest absolute Gasteiger partial charge is 0.335 e. The zero-order valence-corrected chi connectivity index (χ0v) is 23.3. The number of fused-ring (bicyclic) bond motifs is 1. The van der Waals surface area contributed by atoms with Gasteiger partial charge in [0, 0.05) is 46.1 Å². The third-order valence-corrected chi connectivity index (χ3v) is 7.06. The number of tetrazole rings is 1. The number of carbonyl (C=O) groups is 3. The molecule has 2 aromatic carbocycles. The highest BCUT2D eigenvalue weighted by molar-refractivity contribution is 6.31. The molecule has 0 spiro atoms. The first kappa shape index (κ1) is 27.9. The predicted octanol–water partition coefficient (Wildman–Crippen LogP) is 4.58. The van der Waals surface area contributed by atoms with Gasteiger partial charge in [-0.1, -0.05) is 37.0 Å². The van der Waals surface area contributed by atoms with E-state index >= 15 is 0 Å². The van der Waals surface area contributed by atoms with Gasteiger partial charge in [-0.25, -0.2) is 4.79 Å². The van der Waals surface area contributed by atoms with Crippen LogP contribution in [0.15, 0.2) is 67.1 Å². The molecule has 4 aromatic rings. The molecule has 0 saturated carbocycles. The van der Waals surface area contributed by atoms with E-state index in [2.05, 4.69) is 25.8 Å². The van der Waals surface area contributed by atoms with Gasteiger partial charge in [-0.2, -0.15) is 4.68 Å². The number of nitrogens with one attached hydrogen (secondary N) is 1. The van der Waals surface area contributed by atoms with Gasteiger partial charge in [0.1, 0.15) is 12.4 Å². The van der Waals surface area contributed by atoms with Gasteiger partial charge in [-0.15, -0.1) is 5.10 Å². The molecule has 3 heterocycles. The summed E-state index contributed by atoms with van der Waals surface area (Å²) in [6, 6.07) is 11.4. The maximum atomic E-state index is 13.8. The van der Waals surface area contributed by atoms with E-state index in [4.69, 9.17) is 23.2 Å². The van der Waals surface area contributed by atoms with E-state index in [1.54, 1.807) is 30.3 Å². The van der Waals surface area contributed by atoms with Gasteiger partial charge in [0.2, 0.25) is 5.91 Å². The van der Waals surface area contributed by atoms with Gasteiger partial charge in [-0.05, 0) is 65.0 Å². The summed E-state index contributed by atoms with van der Waals surface area (Å²) in [6.07, 6.45) is 5.88. The first-order chi connectivity index (χ1) is 19.5. The van der Waals surface area contributed by atoms with Crippen LogP contribution in [0.4, 0.5) is 5.69 Å². The Balaban J connectivity index is 1.51. The van der Waals surface area contributed by atoms with Gasteiger partial charge in [-0.3, -0.25) is 14.6 Å². The van der Waals surface area contributed by atoms with Gasteiger partial charge in [0.05, 0.1) is 22.0 Å². The molecule has 0 saturated heterocycles. The summed E-state index contributed by atoms with van der Waals surface area (Å²) in [4.78, 5) is 44.7. The van der Waals surface area contributed by atoms with Crippen LogP contribution < -0.4 is 5.32 Å². The van der Waals surface area contributed by atoms with Crippen molar-refractivity contribution in [1.82, 2.24) is 30.1 Å². The average molecular weight is 592 g/mol. The average Bonchev–Trinajstić information content (AvgIpc) is 3.46. The van der Waals surface area contributed by atoms with Gasteiger partial charge in [0.25, 0.3) is 5.91 Å². The first-order valence-electron chi connectivity index (χ1n) is 12.4. The predicted molar refractivity (Wildman–Crippen MR) is 152 cm³/mol. The lowest BCUT2D eigenvalue weighted by Crippen LogP contribution is -2.51. The van der Waals surface area contributed by atoms with Crippen molar-refractivity contribution in [2.45, 2.75) is 25.3 Å². The van der Waals surface area contributed by atoms with Crippen molar-refractivity contribution >= 4 is 52.7 Å². The van der Waals surface area contributed by atoms with Crippen LogP contribution in [-0.4, -0.2) is 59.5 Å². The highest BCUT2D eigenvalue weighted by Crippen LogP contribution is 2.40. The molecule has 2 N–H and O–H groups in total. The molecule has 0 radical (unpaired) electrons. The minimum absolute atomic E-state index is 0.0766. The number of carboxylic acids is 1. The first-order valence-corrected chi connectivity index (χ1v) is 13.1. The summed E-state index contributed by atoms with van der Waals surface area (Å²) in [7, 11) is 0. The third-order valence-electron chi connectivity index (χ3n) is 6.62. The van der Waals surface area contributed by atoms with Crippen molar-refractivity contribution in [2.75, 3.05) is 11.9 Å². The number of benzene rings is 2. The van der Waals surface area contributed by atoms with Crippen LogP contribution in [0.1, 0.15) is 47.1 Å². The molecule has 2 aromatic heterocycles. The minimum Gasteiger partial charge on any atom is -0.478 e. The van der Waals surface area contributed by atoms with Crippen LogP contribution >= 0.6 is 23.2 Å². The fourth-order valence-corrected chi connectivity index (χ4v) is 5.13. The largest absolute Gasteiger partial charge is 0.478 e. The third kappa shape index (κ3) is 5.81. The lowest BCUT2D eigenvalue weighted by atomic mass is 9.78. The summed E-state index contributed by atoms with van der Waals surface area (Å²) in [6.45, 7) is 4.05. The highest BCUT2D eigenvalue weighted by atomic mass is 35.5. The lowest BCUT2D eigenvalue weighted by molar-refractivity contribution is -0.136. The number of hydrogen-bond donors (Lipinski definition) is 2. The lowest BCUT2D eigenvalue weighted by Gasteiger charge is -2.43. The highest BCUT2D eigenvalue weighted by Gasteiger charge is 2.44. The molecule has 1 atom stereocenters. The Morgan fingerprint density at radius 1 is 1.07 bits per heavy atom. The number of nitrogens with zero attached hydrogens (tertiary/aromatic N) is 6.